The van der Waals surface area contributed by atoms with E-state index in [0.717, 1.165) is 57.8 Å². The highest BCUT2D eigenvalue weighted by Crippen LogP contribution is 2.43. The highest BCUT2D eigenvalue weighted by atomic mass is 31.2. The molecule has 0 aliphatic heterocycles. The molecular formula is C57H98NO10P. The topological polar surface area (TPSA) is 169 Å². The Bertz CT molecular complexity index is 1490. The summed E-state index contributed by atoms with van der Waals surface area (Å²) in [4.78, 5) is 46.1. The largest absolute Gasteiger partial charge is 0.480 e. The van der Waals surface area contributed by atoms with Crippen molar-refractivity contribution in [2.24, 2.45) is 0 Å². The first-order chi connectivity index (χ1) is 33.6. The second kappa shape index (κ2) is 51.0. The maximum absolute atomic E-state index is 12.4. The standard InChI is InChI=1S/C57H98NO10P/c1-3-5-7-9-11-13-15-17-19-21-23-25-26-27-29-30-32-34-36-38-40-42-44-46-48-55(60)58-54(57(62)63)52-68-69(64,65)67-51-53(59)50-66-56(61)49-47-45-43-41-39-37-35-33-31-28-24-22-20-18-16-14-12-10-8-6-4-2/h6,8,12,14,18,20,24,28,33,35,39,41,45,47,53-54,59H,3-5,7,9-11,13,15-17,19,21-23,25-27,29-32,34,36-38,40,42-44,46,48-52H2,1-2H3,(H,58,60)(H,62,63)(H,64,65)/b8-6-,14-12-,20-18-,28-24-,35-33-,41-39-,47-45-. The van der Waals surface area contributed by atoms with Crippen LogP contribution in [-0.4, -0.2) is 64.9 Å². The molecule has 0 saturated carbocycles. The molecule has 0 bridgehead atoms. The number of aliphatic hydroxyl groups is 1. The zero-order valence-corrected chi connectivity index (χ0v) is 44.2. The SMILES string of the molecule is CC/C=C\C/C=C\C/C=C\C/C=C\C/C=C\C/C=C\C/C=C\CC(=O)OCC(O)COP(=O)(O)OCC(NC(=O)CCCCCCCCCCCCCCCCCCCCCCCCCC)C(=O)O. The summed E-state index contributed by atoms with van der Waals surface area (Å²) >= 11 is 0. The van der Waals surface area contributed by atoms with Crippen LogP contribution in [0.25, 0.3) is 0 Å². The van der Waals surface area contributed by atoms with Crippen molar-refractivity contribution in [3.8, 4) is 0 Å². The van der Waals surface area contributed by atoms with Crippen LogP contribution in [0.1, 0.15) is 226 Å². The number of esters is 1. The van der Waals surface area contributed by atoms with Crippen LogP contribution in [0.3, 0.4) is 0 Å². The van der Waals surface area contributed by atoms with Gasteiger partial charge in [0.1, 0.15) is 12.7 Å². The van der Waals surface area contributed by atoms with Crippen LogP contribution in [0.5, 0.6) is 0 Å². The molecule has 11 nitrogen and oxygen atoms in total. The number of aliphatic carboxylic acids is 1. The summed E-state index contributed by atoms with van der Waals surface area (Å²) < 4.78 is 26.9. The number of hydrogen-bond acceptors (Lipinski definition) is 8. The van der Waals surface area contributed by atoms with E-state index in [0.29, 0.717) is 12.8 Å². The van der Waals surface area contributed by atoms with Gasteiger partial charge in [-0.2, -0.15) is 0 Å². The molecule has 0 rings (SSSR count). The van der Waals surface area contributed by atoms with E-state index in [1.165, 1.54) is 128 Å². The van der Waals surface area contributed by atoms with Gasteiger partial charge in [0.2, 0.25) is 5.91 Å². The van der Waals surface area contributed by atoms with Crippen molar-refractivity contribution in [3.05, 3.63) is 85.1 Å². The minimum Gasteiger partial charge on any atom is -0.480 e. The number of ether oxygens (including phenoxy) is 1. The molecule has 0 fully saturated rings. The van der Waals surface area contributed by atoms with Crippen LogP contribution < -0.4 is 5.32 Å². The summed E-state index contributed by atoms with van der Waals surface area (Å²) in [6.45, 7) is 2.41. The highest BCUT2D eigenvalue weighted by Gasteiger charge is 2.28. The summed E-state index contributed by atoms with van der Waals surface area (Å²) in [5.41, 5.74) is 0. The number of phosphoric ester groups is 1. The van der Waals surface area contributed by atoms with Crippen molar-refractivity contribution >= 4 is 25.7 Å². The number of allylic oxidation sites excluding steroid dienone is 13. The Balaban J connectivity index is 3.89. The summed E-state index contributed by atoms with van der Waals surface area (Å²) in [6.07, 6.45) is 65.0. The Kier molecular flexibility index (Phi) is 48.6. The Morgan fingerprint density at radius 3 is 1.17 bits per heavy atom. The van der Waals surface area contributed by atoms with Gasteiger partial charge in [-0.3, -0.25) is 18.6 Å². The lowest BCUT2D eigenvalue weighted by Gasteiger charge is -2.18. The van der Waals surface area contributed by atoms with E-state index in [2.05, 4.69) is 79.9 Å². The number of aliphatic hydroxyl groups excluding tert-OH is 1. The van der Waals surface area contributed by atoms with Gasteiger partial charge in [0.05, 0.1) is 19.6 Å². The normalized spacial score (nSPS) is 14.1. The van der Waals surface area contributed by atoms with Crippen molar-refractivity contribution in [3.63, 3.8) is 0 Å². The number of unbranched alkanes of at least 4 members (excludes halogenated alkanes) is 23. The van der Waals surface area contributed by atoms with Crippen molar-refractivity contribution in [2.75, 3.05) is 19.8 Å². The monoisotopic (exact) mass is 988 g/mol. The Morgan fingerprint density at radius 1 is 0.478 bits per heavy atom. The molecule has 0 spiro atoms. The van der Waals surface area contributed by atoms with E-state index in [-0.39, 0.29) is 12.8 Å². The first-order valence-electron chi connectivity index (χ1n) is 27.1. The fraction of sp³-hybridized carbons (Fsp3) is 0.702. The minimum absolute atomic E-state index is 0.0141. The number of carboxylic acids is 1. The number of carboxylic acid groups (broad SMARTS) is 1. The minimum atomic E-state index is -4.79. The molecule has 396 valence electrons. The van der Waals surface area contributed by atoms with E-state index < -0.39 is 57.6 Å². The number of phosphoric acid groups is 1. The Labute approximate surface area is 420 Å². The third-order valence-electron chi connectivity index (χ3n) is 11.5. The molecule has 3 unspecified atom stereocenters. The summed E-state index contributed by atoms with van der Waals surface area (Å²) in [6, 6.07) is -1.56. The zero-order chi connectivity index (χ0) is 50.6. The van der Waals surface area contributed by atoms with Gasteiger partial charge in [-0.25, -0.2) is 9.36 Å². The number of rotatable bonds is 50. The maximum Gasteiger partial charge on any atom is 0.472 e. The van der Waals surface area contributed by atoms with E-state index >= 15 is 0 Å². The molecule has 0 radical (unpaired) electrons. The van der Waals surface area contributed by atoms with Gasteiger partial charge in [0.25, 0.3) is 0 Å². The van der Waals surface area contributed by atoms with E-state index in [1.807, 2.05) is 18.2 Å². The Hall–Kier alpha value is -3.34. The van der Waals surface area contributed by atoms with Gasteiger partial charge in [-0.15, -0.1) is 0 Å². The number of nitrogens with one attached hydrogen (secondary N) is 1. The number of carbonyl (C=O) groups excluding carboxylic acids is 2. The van der Waals surface area contributed by atoms with Gasteiger partial charge in [0.15, 0.2) is 6.04 Å². The lowest BCUT2D eigenvalue weighted by molar-refractivity contribution is -0.146. The van der Waals surface area contributed by atoms with E-state index in [9.17, 15) is 34.1 Å². The predicted octanol–water partition coefficient (Wildman–Crippen LogP) is 15.4. The van der Waals surface area contributed by atoms with Gasteiger partial charge >= 0.3 is 19.8 Å². The lowest BCUT2D eigenvalue weighted by atomic mass is 10.0. The van der Waals surface area contributed by atoms with Crippen molar-refractivity contribution < 1.29 is 47.8 Å². The first kappa shape index (κ1) is 65.7. The molecular weight excluding hydrogens is 890 g/mol. The average molecular weight is 988 g/mol. The Morgan fingerprint density at radius 2 is 0.812 bits per heavy atom. The second-order valence-corrected chi connectivity index (χ2v) is 19.5. The van der Waals surface area contributed by atoms with Crippen LogP contribution in [0.4, 0.5) is 0 Å². The quantitative estimate of drug-likeness (QED) is 0.0199. The summed E-state index contributed by atoms with van der Waals surface area (Å²) in [5.74, 6) is -2.51. The molecule has 0 aliphatic rings. The predicted molar refractivity (Wildman–Crippen MR) is 286 cm³/mol. The van der Waals surface area contributed by atoms with Gasteiger partial charge < -0.3 is 25.2 Å². The number of hydrogen-bond donors (Lipinski definition) is 4. The molecule has 0 aromatic rings. The fourth-order valence-electron chi connectivity index (χ4n) is 7.34. The molecule has 1 amide bonds. The second-order valence-electron chi connectivity index (χ2n) is 18.1. The molecule has 4 N–H and O–H groups in total. The third-order valence-corrected chi connectivity index (χ3v) is 12.4. The first-order valence-corrected chi connectivity index (χ1v) is 28.6. The molecule has 12 heteroatoms. The maximum atomic E-state index is 12.4. The number of carbonyl (C=O) groups is 3. The molecule has 0 heterocycles. The molecule has 0 aliphatic carbocycles. The third kappa shape index (κ3) is 50.8. The smallest absolute Gasteiger partial charge is 0.472 e. The van der Waals surface area contributed by atoms with Crippen LogP contribution in [0.15, 0.2) is 85.1 Å². The molecule has 0 saturated heterocycles. The van der Waals surface area contributed by atoms with Crippen molar-refractivity contribution in [1.29, 1.82) is 0 Å². The summed E-state index contributed by atoms with van der Waals surface area (Å²) in [5, 5.41) is 21.9. The zero-order valence-electron chi connectivity index (χ0n) is 43.3. The molecule has 3 atom stereocenters. The van der Waals surface area contributed by atoms with Gasteiger partial charge in [-0.05, 0) is 51.4 Å². The molecule has 0 aromatic carbocycles. The summed E-state index contributed by atoms with van der Waals surface area (Å²) in [7, 11) is -4.79. The lowest BCUT2D eigenvalue weighted by Crippen LogP contribution is -2.43. The van der Waals surface area contributed by atoms with Crippen molar-refractivity contribution in [2.45, 2.75) is 238 Å². The van der Waals surface area contributed by atoms with Crippen molar-refractivity contribution in [1.82, 2.24) is 5.32 Å². The van der Waals surface area contributed by atoms with E-state index in [4.69, 9.17) is 13.8 Å². The van der Waals surface area contributed by atoms with Crippen LogP contribution in [0.2, 0.25) is 0 Å². The average Bonchev–Trinajstić information content (AvgIpc) is 3.33. The molecule has 69 heavy (non-hydrogen) atoms. The van der Waals surface area contributed by atoms with Gasteiger partial charge in [-0.1, -0.05) is 247 Å². The van der Waals surface area contributed by atoms with Crippen LogP contribution in [-0.2, 0) is 32.7 Å². The number of amides is 1. The van der Waals surface area contributed by atoms with E-state index in [1.54, 1.807) is 6.08 Å². The highest BCUT2D eigenvalue weighted by molar-refractivity contribution is 7.47. The van der Waals surface area contributed by atoms with Gasteiger partial charge in [0, 0.05) is 6.42 Å². The van der Waals surface area contributed by atoms with Crippen LogP contribution >= 0.6 is 7.82 Å². The fourth-order valence-corrected chi connectivity index (χ4v) is 8.12. The molecule has 0 aromatic heterocycles. The van der Waals surface area contributed by atoms with Crippen LogP contribution in [0, 0.1) is 0 Å².